The maximum Gasteiger partial charge on any atom is 0.356 e. The van der Waals surface area contributed by atoms with E-state index in [0.717, 1.165) is 0 Å². The Hall–Kier alpha value is -1.93. The van der Waals surface area contributed by atoms with Crippen LogP contribution in [0.2, 0.25) is 0 Å². The first-order chi connectivity index (χ1) is 10.9. The molecule has 2 aromatic rings. The molecule has 0 heterocycles. The summed E-state index contributed by atoms with van der Waals surface area (Å²) in [6, 6.07) is 14.4. The average Bonchev–Trinajstić information content (AvgIpc) is 2.54. The van der Waals surface area contributed by atoms with Crippen LogP contribution in [-0.2, 0) is 25.6 Å². The molecule has 0 aliphatic rings. The average molecular weight is 338 g/mol. The standard InChI is InChI=1S/C16H18O6S/c1-3-21-16(20-2,22-14-7-5-4-6-8-14)13-9-11-15(12-10-13)23(17,18)19/h4-12H,3H2,1-2H3,(H,17,18,19). The van der Waals surface area contributed by atoms with Crippen LogP contribution < -0.4 is 4.74 Å². The molecule has 0 aliphatic heterocycles. The Morgan fingerprint density at radius 3 is 2.13 bits per heavy atom. The Balaban J connectivity index is 2.41. The van der Waals surface area contributed by atoms with E-state index in [1.165, 1.54) is 31.4 Å². The van der Waals surface area contributed by atoms with Gasteiger partial charge in [0.1, 0.15) is 5.75 Å². The van der Waals surface area contributed by atoms with Crippen LogP contribution in [0, 0.1) is 0 Å². The van der Waals surface area contributed by atoms with Crippen molar-refractivity contribution in [2.75, 3.05) is 13.7 Å². The maximum atomic E-state index is 11.1. The van der Waals surface area contributed by atoms with Crippen molar-refractivity contribution in [1.29, 1.82) is 0 Å². The van der Waals surface area contributed by atoms with Gasteiger partial charge in [0.15, 0.2) is 0 Å². The van der Waals surface area contributed by atoms with Crippen molar-refractivity contribution >= 4 is 10.1 Å². The highest BCUT2D eigenvalue weighted by Gasteiger charge is 2.36. The van der Waals surface area contributed by atoms with Gasteiger partial charge in [-0.25, -0.2) is 0 Å². The van der Waals surface area contributed by atoms with Gasteiger partial charge in [-0.05, 0) is 43.3 Å². The summed E-state index contributed by atoms with van der Waals surface area (Å²) >= 11 is 0. The summed E-state index contributed by atoms with van der Waals surface area (Å²) in [5.74, 6) is -0.991. The molecular formula is C16H18O6S. The second kappa shape index (κ2) is 7.10. The molecule has 2 aromatic carbocycles. The number of hydrogen-bond acceptors (Lipinski definition) is 5. The Labute approximate surface area is 135 Å². The van der Waals surface area contributed by atoms with Crippen LogP contribution in [0.5, 0.6) is 5.75 Å². The molecule has 0 saturated carbocycles. The monoisotopic (exact) mass is 338 g/mol. The van der Waals surface area contributed by atoms with Gasteiger partial charge in [-0.1, -0.05) is 18.2 Å². The number of ether oxygens (including phenoxy) is 3. The third kappa shape index (κ3) is 4.08. The molecule has 0 aromatic heterocycles. The molecule has 0 saturated heterocycles. The lowest BCUT2D eigenvalue weighted by Gasteiger charge is -2.32. The molecule has 6 nitrogen and oxygen atoms in total. The highest BCUT2D eigenvalue weighted by atomic mass is 32.2. The van der Waals surface area contributed by atoms with Gasteiger partial charge < -0.3 is 14.2 Å². The SMILES string of the molecule is CCOC(OC)(Oc1ccccc1)c1ccc(S(=O)(=O)O)cc1. The Morgan fingerprint density at radius 1 is 1.04 bits per heavy atom. The van der Waals surface area contributed by atoms with Crippen molar-refractivity contribution in [2.45, 2.75) is 17.8 Å². The third-order valence-electron chi connectivity index (χ3n) is 3.10. The number of hydrogen-bond donors (Lipinski definition) is 1. The molecule has 7 heteroatoms. The van der Waals surface area contributed by atoms with Crippen LogP contribution in [0.4, 0.5) is 0 Å². The second-order valence-electron chi connectivity index (χ2n) is 4.61. The summed E-state index contributed by atoms with van der Waals surface area (Å²) in [5.41, 5.74) is 0.457. The Bertz CT molecular complexity index is 727. The van der Waals surface area contributed by atoms with E-state index < -0.39 is 16.1 Å². The lowest BCUT2D eigenvalue weighted by Crippen LogP contribution is -2.38. The second-order valence-corrected chi connectivity index (χ2v) is 6.03. The van der Waals surface area contributed by atoms with E-state index in [1.807, 2.05) is 18.2 Å². The number of para-hydroxylation sites is 1. The zero-order valence-electron chi connectivity index (χ0n) is 12.8. The van der Waals surface area contributed by atoms with Crippen LogP contribution in [-0.4, -0.2) is 26.7 Å². The van der Waals surface area contributed by atoms with Crippen LogP contribution in [0.1, 0.15) is 12.5 Å². The normalized spacial score (nSPS) is 14.2. The van der Waals surface area contributed by atoms with Gasteiger partial charge in [0.25, 0.3) is 10.1 Å². The minimum absolute atomic E-state index is 0.220. The van der Waals surface area contributed by atoms with Crippen molar-refractivity contribution in [3.63, 3.8) is 0 Å². The van der Waals surface area contributed by atoms with Gasteiger partial charge in [0.2, 0.25) is 0 Å². The van der Waals surface area contributed by atoms with Crippen molar-refractivity contribution in [3.8, 4) is 5.75 Å². The quantitative estimate of drug-likeness (QED) is 0.617. The number of benzene rings is 2. The van der Waals surface area contributed by atoms with Gasteiger partial charge >= 0.3 is 5.97 Å². The molecule has 0 aliphatic carbocycles. The first kappa shape index (κ1) is 17.4. The molecule has 0 amide bonds. The van der Waals surface area contributed by atoms with Crippen molar-refractivity contribution in [1.82, 2.24) is 0 Å². The largest absolute Gasteiger partial charge is 0.435 e. The van der Waals surface area contributed by atoms with Gasteiger partial charge in [0, 0.05) is 7.11 Å². The topological polar surface area (TPSA) is 82.1 Å². The summed E-state index contributed by atoms with van der Waals surface area (Å²) in [6.45, 7) is 2.09. The van der Waals surface area contributed by atoms with E-state index in [0.29, 0.717) is 17.9 Å². The van der Waals surface area contributed by atoms with Crippen LogP contribution in [0.3, 0.4) is 0 Å². The summed E-state index contributed by atoms with van der Waals surface area (Å²) in [7, 11) is -2.84. The molecule has 0 fully saturated rings. The van der Waals surface area contributed by atoms with E-state index in [9.17, 15) is 8.42 Å². The number of methoxy groups -OCH3 is 1. The highest BCUT2D eigenvalue weighted by Crippen LogP contribution is 2.31. The van der Waals surface area contributed by atoms with E-state index in [-0.39, 0.29) is 4.90 Å². The molecule has 124 valence electrons. The van der Waals surface area contributed by atoms with E-state index in [1.54, 1.807) is 19.1 Å². The minimum atomic E-state index is -4.27. The zero-order valence-corrected chi connectivity index (χ0v) is 13.6. The molecule has 1 unspecified atom stereocenters. The number of rotatable bonds is 7. The highest BCUT2D eigenvalue weighted by molar-refractivity contribution is 7.85. The molecule has 0 bridgehead atoms. The van der Waals surface area contributed by atoms with Gasteiger partial charge in [0.05, 0.1) is 17.1 Å². The zero-order chi connectivity index (χ0) is 16.9. The Kier molecular flexibility index (Phi) is 5.38. The molecule has 0 spiro atoms. The Morgan fingerprint density at radius 2 is 1.65 bits per heavy atom. The van der Waals surface area contributed by atoms with Crippen LogP contribution in [0.15, 0.2) is 59.5 Å². The summed E-state index contributed by atoms with van der Waals surface area (Å²) in [5, 5.41) is 0. The van der Waals surface area contributed by atoms with Gasteiger partial charge in [-0.2, -0.15) is 8.42 Å². The molecule has 2 rings (SSSR count). The van der Waals surface area contributed by atoms with E-state index >= 15 is 0 Å². The predicted octanol–water partition coefficient (Wildman–Crippen LogP) is 2.81. The molecular weight excluding hydrogens is 320 g/mol. The van der Waals surface area contributed by atoms with Gasteiger partial charge in [-0.3, -0.25) is 4.55 Å². The van der Waals surface area contributed by atoms with Crippen LogP contribution >= 0.6 is 0 Å². The molecule has 1 atom stereocenters. The minimum Gasteiger partial charge on any atom is -0.435 e. The lowest BCUT2D eigenvalue weighted by molar-refractivity contribution is -0.343. The van der Waals surface area contributed by atoms with Crippen molar-refractivity contribution in [2.24, 2.45) is 0 Å². The fourth-order valence-corrected chi connectivity index (χ4v) is 2.53. The van der Waals surface area contributed by atoms with Crippen molar-refractivity contribution in [3.05, 3.63) is 60.2 Å². The third-order valence-corrected chi connectivity index (χ3v) is 3.97. The summed E-state index contributed by atoms with van der Waals surface area (Å²) in [4.78, 5) is -0.220. The fourth-order valence-electron chi connectivity index (χ4n) is 2.05. The van der Waals surface area contributed by atoms with E-state index in [4.69, 9.17) is 18.8 Å². The first-order valence-electron chi connectivity index (χ1n) is 6.92. The molecule has 0 radical (unpaired) electrons. The summed E-state index contributed by atoms with van der Waals surface area (Å²) < 4.78 is 48.3. The van der Waals surface area contributed by atoms with Crippen LogP contribution in [0.25, 0.3) is 0 Å². The molecule has 1 N–H and O–H groups in total. The summed E-state index contributed by atoms with van der Waals surface area (Å²) in [6.07, 6.45) is 0. The maximum absolute atomic E-state index is 11.1. The first-order valence-corrected chi connectivity index (χ1v) is 8.36. The molecule has 23 heavy (non-hydrogen) atoms. The van der Waals surface area contributed by atoms with Crippen molar-refractivity contribution < 1.29 is 27.2 Å². The fraction of sp³-hybridized carbons (Fsp3) is 0.250. The smallest absolute Gasteiger partial charge is 0.356 e. The van der Waals surface area contributed by atoms with Gasteiger partial charge in [-0.15, -0.1) is 0 Å². The predicted molar refractivity (Wildman–Crippen MR) is 83.6 cm³/mol. The van der Waals surface area contributed by atoms with E-state index in [2.05, 4.69) is 0 Å². The lowest BCUT2D eigenvalue weighted by atomic mass is 10.2.